The van der Waals surface area contributed by atoms with Gasteiger partial charge < -0.3 is 19.1 Å². The molecular formula is C15H29NO4. The Balaban J connectivity index is 0.000000276. The maximum atomic E-state index is 11.7. The minimum Gasteiger partial charge on any atom is -0.444 e. The van der Waals surface area contributed by atoms with Gasteiger partial charge in [-0.1, -0.05) is 0 Å². The summed E-state index contributed by atoms with van der Waals surface area (Å²) < 4.78 is 15.2. The van der Waals surface area contributed by atoms with Crippen LogP contribution in [-0.4, -0.2) is 55.6 Å². The number of rotatable bonds is 0. The van der Waals surface area contributed by atoms with Crippen molar-refractivity contribution in [1.82, 2.24) is 4.90 Å². The molecule has 0 radical (unpaired) electrons. The van der Waals surface area contributed by atoms with Crippen molar-refractivity contribution >= 4 is 6.09 Å². The van der Waals surface area contributed by atoms with Crippen molar-refractivity contribution in [3.05, 3.63) is 0 Å². The Labute approximate surface area is 122 Å². The zero-order valence-electron chi connectivity index (χ0n) is 13.3. The molecule has 2 rings (SSSR count). The number of nitrogens with zero attached hydrogens (tertiary/aromatic N) is 1. The number of likely N-dealkylation sites (tertiary alicyclic amines) is 1. The van der Waals surface area contributed by atoms with Gasteiger partial charge in [0.05, 0.1) is 26.4 Å². The fourth-order valence-corrected chi connectivity index (χ4v) is 2.13. The molecule has 0 aromatic heterocycles. The first kappa shape index (κ1) is 17.2. The van der Waals surface area contributed by atoms with E-state index in [4.69, 9.17) is 14.2 Å². The van der Waals surface area contributed by atoms with E-state index in [1.807, 2.05) is 25.7 Å². The van der Waals surface area contributed by atoms with Gasteiger partial charge in [0, 0.05) is 12.6 Å². The summed E-state index contributed by atoms with van der Waals surface area (Å²) in [5, 5.41) is 0. The number of hydrogen-bond donors (Lipinski definition) is 0. The molecule has 0 bridgehead atoms. The minimum absolute atomic E-state index is 0.162. The zero-order valence-corrected chi connectivity index (χ0v) is 13.3. The highest BCUT2D eigenvalue weighted by atomic mass is 16.6. The zero-order chi connectivity index (χ0) is 15.0. The second kappa shape index (κ2) is 8.47. The highest BCUT2D eigenvalue weighted by Crippen LogP contribution is 2.19. The van der Waals surface area contributed by atoms with Gasteiger partial charge in [0.25, 0.3) is 0 Å². The first-order chi connectivity index (χ1) is 9.40. The molecule has 2 saturated heterocycles. The molecule has 2 heterocycles. The Hall–Kier alpha value is -0.810. The summed E-state index contributed by atoms with van der Waals surface area (Å²) in [4.78, 5) is 13.6. The average Bonchev–Trinajstić information content (AvgIpc) is 2.40. The van der Waals surface area contributed by atoms with E-state index in [9.17, 15) is 4.79 Å². The lowest BCUT2D eigenvalue weighted by Gasteiger charge is -2.34. The minimum atomic E-state index is -0.381. The highest BCUT2D eigenvalue weighted by Gasteiger charge is 2.27. The van der Waals surface area contributed by atoms with Gasteiger partial charge in [-0.15, -0.1) is 0 Å². The molecule has 1 atom stereocenters. The van der Waals surface area contributed by atoms with Crippen LogP contribution in [0.1, 0.15) is 47.0 Å². The quantitative estimate of drug-likeness (QED) is 0.687. The molecule has 0 saturated carbocycles. The monoisotopic (exact) mass is 287 g/mol. The first-order valence-corrected chi connectivity index (χ1v) is 7.55. The van der Waals surface area contributed by atoms with Crippen LogP contribution in [0.5, 0.6) is 0 Å². The van der Waals surface area contributed by atoms with Crippen LogP contribution in [0.15, 0.2) is 0 Å². The molecule has 0 aliphatic carbocycles. The summed E-state index contributed by atoms with van der Waals surface area (Å²) in [5.41, 5.74) is -0.381. The Morgan fingerprint density at radius 3 is 2.05 bits per heavy atom. The summed E-state index contributed by atoms with van der Waals surface area (Å²) in [5.74, 6) is 0. The molecule has 2 fully saturated rings. The van der Waals surface area contributed by atoms with E-state index in [0.29, 0.717) is 6.04 Å². The van der Waals surface area contributed by atoms with Crippen LogP contribution < -0.4 is 0 Å². The summed E-state index contributed by atoms with van der Waals surface area (Å²) in [6.45, 7) is 11.7. The van der Waals surface area contributed by atoms with E-state index in [1.165, 1.54) is 6.42 Å². The third-order valence-corrected chi connectivity index (χ3v) is 3.17. The van der Waals surface area contributed by atoms with Crippen LogP contribution >= 0.6 is 0 Å². The van der Waals surface area contributed by atoms with Crippen molar-refractivity contribution < 1.29 is 19.0 Å². The third kappa shape index (κ3) is 7.10. The van der Waals surface area contributed by atoms with Crippen LogP contribution in [0.3, 0.4) is 0 Å². The lowest BCUT2D eigenvalue weighted by molar-refractivity contribution is -0.0334. The number of amides is 1. The molecule has 0 spiro atoms. The molecule has 1 amide bonds. The smallest absolute Gasteiger partial charge is 0.410 e. The lowest BCUT2D eigenvalue weighted by Crippen LogP contribution is -2.44. The summed E-state index contributed by atoms with van der Waals surface area (Å²) >= 11 is 0. The number of carbonyl (C=O) groups excluding carboxylic acids is 1. The predicted octanol–water partition coefficient (Wildman–Crippen LogP) is 2.83. The van der Waals surface area contributed by atoms with Gasteiger partial charge in [-0.05, 0) is 47.0 Å². The van der Waals surface area contributed by atoms with Crippen molar-refractivity contribution in [2.45, 2.75) is 58.6 Å². The van der Waals surface area contributed by atoms with Crippen LogP contribution in [0.4, 0.5) is 4.79 Å². The van der Waals surface area contributed by atoms with E-state index in [-0.39, 0.29) is 11.7 Å². The van der Waals surface area contributed by atoms with Gasteiger partial charge in [0.15, 0.2) is 0 Å². The number of piperidine rings is 1. The molecule has 2 aliphatic rings. The molecule has 1 unspecified atom stereocenters. The lowest BCUT2D eigenvalue weighted by atomic mass is 10.0. The predicted molar refractivity (Wildman–Crippen MR) is 77.9 cm³/mol. The Bertz CT molecular complexity index is 273. The molecule has 20 heavy (non-hydrogen) atoms. The highest BCUT2D eigenvalue weighted by molar-refractivity contribution is 5.68. The Morgan fingerprint density at radius 1 is 1.10 bits per heavy atom. The van der Waals surface area contributed by atoms with Crippen molar-refractivity contribution in [3.8, 4) is 0 Å². The van der Waals surface area contributed by atoms with Gasteiger partial charge >= 0.3 is 6.09 Å². The van der Waals surface area contributed by atoms with Gasteiger partial charge in [0.2, 0.25) is 0 Å². The Morgan fingerprint density at radius 2 is 1.65 bits per heavy atom. The average molecular weight is 287 g/mol. The first-order valence-electron chi connectivity index (χ1n) is 7.55. The fraction of sp³-hybridized carbons (Fsp3) is 0.933. The number of ether oxygens (including phenoxy) is 3. The van der Waals surface area contributed by atoms with Crippen LogP contribution in [0, 0.1) is 0 Å². The standard InChI is InChI=1S/C11H21NO2.C4H8O2/c1-9-7-5-6-8-12(9)10(13)14-11(2,3)4;1-2-6-4-3-5-1/h9H,5-8H2,1-4H3;1-4H2. The van der Waals surface area contributed by atoms with E-state index < -0.39 is 0 Å². The summed E-state index contributed by atoms with van der Waals surface area (Å²) in [6, 6.07) is 0.332. The van der Waals surface area contributed by atoms with E-state index in [0.717, 1.165) is 45.8 Å². The number of carbonyl (C=O) groups is 1. The maximum Gasteiger partial charge on any atom is 0.410 e. The normalized spacial score (nSPS) is 23.6. The molecule has 0 aromatic rings. The van der Waals surface area contributed by atoms with E-state index >= 15 is 0 Å². The Kier molecular flexibility index (Phi) is 7.30. The molecule has 118 valence electrons. The van der Waals surface area contributed by atoms with Crippen molar-refractivity contribution in [2.75, 3.05) is 33.0 Å². The van der Waals surface area contributed by atoms with Gasteiger partial charge in [-0.3, -0.25) is 0 Å². The van der Waals surface area contributed by atoms with Crippen LogP contribution in [-0.2, 0) is 14.2 Å². The summed E-state index contributed by atoms with van der Waals surface area (Å²) in [7, 11) is 0. The van der Waals surface area contributed by atoms with Crippen molar-refractivity contribution in [1.29, 1.82) is 0 Å². The molecule has 5 heteroatoms. The van der Waals surface area contributed by atoms with Crippen molar-refractivity contribution in [2.24, 2.45) is 0 Å². The molecule has 0 N–H and O–H groups in total. The van der Waals surface area contributed by atoms with Crippen LogP contribution in [0.2, 0.25) is 0 Å². The second-order valence-electron chi connectivity index (χ2n) is 6.24. The molecule has 5 nitrogen and oxygen atoms in total. The topological polar surface area (TPSA) is 48.0 Å². The number of hydrogen-bond acceptors (Lipinski definition) is 4. The van der Waals surface area contributed by atoms with E-state index in [2.05, 4.69) is 6.92 Å². The maximum absolute atomic E-state index is 11.7. The summed E-state index contributed by atoms with van der Waals surface area (Å²) in [6.07, 6.45) is 3.26. The van der Waals surface area contributed by atoms with Crippen molar-refractivity contribution in [3.63, 3.8) is 0 Å². The SMILES string of the molecule is C1COCCO1.CC1CCCCN1C(=O)OC(C)(C)C. The fourth-order valence-electron chi connectivity index (χ4n) is 2.13. The largest absolute Gasteiger partial charge is 0.444 e. The molecular weight excluding hydrogens is 258 g/mol. The van der Waals surface area contributed by atoms with Crippen LogP contribution in [0.25, 0.3) is 0 Å². The van der Waals surface area contributed by atoms with Gasteiger partial charge in [-0.25, -0.2) is 4.79 Å². The second-order valence-corrected chi connectivity index (χ2v) is 6.24. The molecule has 2 aliphatic heterocycles. The third-order valence-electron chi connectivity index (χ3n) is 3.17. The van der Waals surface area contributed by atoms with E-state index in [1.54, 1.807) is 0 Å². The van der Waals surface area contributed by atoms with Gasteiger partial charge in [0.1, 0.15) is 5.60 Å². The molecule has 0 aromatic carbocycles. The van der Waals surface area contributed by atoms with Gasteiger partial charge in [-0.2, -0.15) is 0 Å².